The Bertz CT molecular complexity index is 1400. The lowest BCUT2D eigenvalue weighted by molar-refractivity contribution is -0.116. The molecule has 2 heterocycles. The molecule has 0 fully saturated rings. The zero-order chi connectivity index (χ0) is 22.8. The number of carbonyl (C=O) groups excluding carboxylic acids is 1. The minimum absolute atomic E-state index is 0.292. The standard InChI is InChI=1S/C22H18ClN3O5S/c1-30-16-9-14(10-17(11-16)31-2)24-19(27)12-25-18-7-8-32-20(18)21(28)26(22(25)29)15-5-3-13(23)4-6-15/h3-11H,12H2,1-2H3,(H,24,27). The van der Waals surface area contributed by atoms with Gasteiger partial charge in [-0.15, -0.1) is 11.3 Å². The molecule has 4 aromatic rings. The van der Waals surface area contributed by atoms with Crippen molar-refractivity contribution in [1.29, 1.82) is 0 Å². The number of methoxy groups -OCH3 is 2. The van der Waals surface area contributed by atoms with E-state index in [1.54, 1.807) is 53.9 Å². The predicted octanol–water partition coefficient (Wildman–Crippen LogP) is 3.52. The molecule has 0 unspecified atom stereocenters. The number of amides is 1. The van der Waals surface area contributed by atoms with Crippen LogP contribution in [-0.2, 0) is 11.3 Å². The molecule has 0 radical (unpaired) electrons. The number of thiophene rings is 1. The van der Waals surface area contributed by atoms with Crippen LogP contribution in [0.2, 0.25) is 5.02 Å². The van der Waals surface area contributed by atoms with E-state index in [4.69, 9.17) is 21.1 Å². The monoisotopic (exact) mass is 471 g/mol. The number of anilines is 1. The smallest absolute Gasteiger partial charge is 0.336 e. The van der Waals surface area contributed by atoms with Crippen molar-refractivity contribution in [3.8, 4) is 17.2 Å². The van der Waals surface area contributed by atoms with Crippen LogP contribution in [0.5, 0.6) is 11.5 Å². The summed E-state index contributed by atoms with van der Waals surface area (Å²) in [6, 6.07) is 12.9. The van der Waals surface area contributed by atoms with E-state index in [0.717, 1.165) is 4.57 Å². The number of aromatic nitrogens is 2. The molecule has 0 saturated heterocycles. The van der Waals surface area contributed by atoms with Gasteiger partial charge in [0, 0.05) is 28.9 Å². The van der Waals surface area contributed by atoms with E-state index in [2.05, 4.69) is 5.32 Å². The molecular weight excluding hydrogens is 454 g/mol. The third-order valence-corrected chi connectivity index (χ3v) is 5.92. The topological polar surface area (TPSA) is 91.6 Å². The van der Waals surface area contributed by atoms with E-state index < -0.39 is 17.2 Å². The van der Waals surface area contributed by atoms with E-state index in [1.807, 2.05) is 0 Å². The Morgan fingerprint density at radius 3 is 2.31 bits per heavy atom. The summed E-state index contributed by atoms with van der Waals surface area (Å²) in [6.45, 7) is -0.292. The van der Waals surface area contributed by atoms with Gasteiger partial charge in [-0.2, -0.15) is 0 Å². The van der Waals surface area contributed by atoms with E-state index in [-0.39, 0.29) is 6.54 Å². The van der Waals surface area contributed by atoms with Crippen LogP contribution in [0.3, 0.4) is 0 Å². The predicted molar refractivity (Wildman–Crippen MR) is 125 cm³/mol. The maximum Gasteiger partial charge on any atom is 0.336 e. The first-order valence-corrected chi connectivity index (χ1v) is 10.7. The molecule has 2 aromatic heterocycles. The highest BCUT2D eigenvalue weighted by molar-refractivity contribution is 7.17. The van der Waals surface area contributed by atoms with Crippen LogP contribution in [-0.4, -0.2) is 29.3 Å². The van der Waals surface area contributed by atoms with Crippen LogP contribution >= 0.6 is 22.9 Å². The van der Waals surface area contributed by atoms with E-state index in [9.17, 15) is 14.4 Å². The molecule has 1 N–H and O–H groups in total. The number of rotatable bonds is 6. The Balaban J connectivity index is 1.74. The van der Waals surface area contributed by atoms with Gasteiger partial charge in [-0.3, -0.25) is 14.2 Å². The molecule has 0 aliphatic carbocycles. The maximum atomic E-state index is 13.3. The molecule has 0 bridgehead atoms. The Labute approximate surface area is 191 Å². The fourth-order valence-corrected chi connectivity index (χ4v) is 4.23. The largest absolute Gasteiger partial charge is 0.497 e. The minimum atomic E-state index is -0.624. The van der Waals surface area contributed by atoms with Crippen LogP contribution in [0.1, 0.15) is 0 Å². The minimum Gasteiger partial charge on any atom is -0.497 e. The highest BCUT2D eigenvalue weighted by atomic mass is 35.5. The zero-order valence-electron chi connectivity index (χ0n) is 17.1. The molecule has 0 saturated carbocycles. The number of halogens is 1. The van der Waals surface area contributed by atoms with Crippen molar-refractivity contribution in [2.75, 3.05) is 19.5 Å². The summed E-state index contributed by atoms with van der Waals surface area (Å²) in [6.07, 6.45) is 0. The van der Waals surface area contributed by atoms with Gasteiger partial charge in [0.05, 0.1) is 25.4 Å². The summed E-state index contributed by atoms with van der Waals surface area (Å²) < 4.78 is 13.1. The van der Waals surface area contributed by atoms with Crippen molar-refractivity contribution in [3.63, 3.8) is 0 Å². The van der Waals surface area contributed by atoms with Gasteiger partial charge in [0.2, 0.25) is 5.91 Å². The number of benzene rings is 2. The quantitative estimate of drug-likeness (QED) is 0.464. The van der Waals surface area contributed by atoms with Crippen LogP contribution in [0.25, 0.3) is 15.9 Å². The Kier molecular flexibility index (Phi) is 6.02. The summed E-state index contributed by atoms with van der Waals surface area (Å²) in [7, 11) is 3.01. The normalized spacial score (nSPS) is 10.8. The third kappa shape index (κ3) is 4.12. The van der Waals surface area contributed by atoms with Gasteiger partial charge >= 0.3 is 5.69 Å². The van der Waals surface area contributed by atoms with Crippen LogP contribution in [0.4, 0.5) is 5.69 Å². The van der Waals surface area contributed by atoms with Crippen molar-refractivity contribution < 1.29 is 14.3 Å². The summed E-state index contributed by atoms with van der Waals surface area (Å²) in [5.41, 5.74) is 0.143. The van der Waals surface area contributed by atoms with Crippen LogP contribution in [0.15, 0.2) is 63.5 Å². The summed E-state index contributed by atoms with van der Waals surface area (Å²) in [4.78, 5) is 39.0. The van der Waals surface area contributed by atoms with E-state index in [1.165, 1.54) is 30.1 Å². The highest BCUT2D eigenvalue weighted by Crippen LogP contribution is 2.26. The van der Waals surface area contributed by atoms with Gasteiger partial charge in [0.15, 0.2) is 0 Å². The summed E-state index contributed by atoms with van der Waals surface area (Å²) >= 11 is 7.14. The highest BCUT2D eigenvalue weighted by Gasteiger charge is 2.18. The van der Waals surface area contributed by atoms with E-state index >= 15 is 0 Å². The van der Waals surface area contributed by atoms with Crippen molar-refractivity contribution in [1.82, 2.24) is 9.13 Å². The van der Waals surface area contributed by atoms with Gasteiger partial charge in [0.1, 0.15) is 22.7 Å². The fourth-order valence-electron chi connectivity index (χ4n) is 3.28. The number of nitrogens with one attached hydrogen (secondary N) is 1. The molecule has 0 aliphatic rings. The molecule has 0 spiro atoms. The van der Waals surface area contributed by atoms with Gasteiger partial charge in [0.25, 0.3) is 5.56 Å². The molecule has 10 heteroatoms. The molecular formula is C22H18ClN3O5S. The first kappa shape index (κ1) is 21.7. The number of fused-ring (bicyclic) bond motifs is 1. The Morgan fingerprint density at radius 2 is 1.69 bits per heavy atom. The second kappa shape index (κ2) is 8.89. The average molecular weight is 472 g/mol. The van der Waals surface area contributed by atoms with Crippen molar-refractivity contribution in [3.05, 3.63) is 79.8 Å². The van der Waals surface area contributed by atoms with E-state index in [0.29, 0.717) is 38.1 Å². The molecule has 0 aliphatic heterocycles. The number of hydrogen-bond donors (Lipinski definition) is 1. The van der Waals surface area contributed by atoms with Crippen LogP contribution < -0.4 is 26.0 Å². The van der Waals surface area contributed by atoms with Gasteiger partial charge < -0.3 is 14.8 Å². The second-order valence-corrected chi connectivity index (χ2v) is 8.12. The number of carbonyl (C=O) groups is 1. The lowest BCUT2D eigenvalue weighted by atomic mass is 10.2. The van der Waals surface area contributed by atoms with Crippen LogP contribution in [0, 0.1) is 0 Å². The summed E-state index contributed by atoms with van der Waals surface area (Å²) in [5.74, 6) is 0.567. The Hall–Kier alpha value is -3.56. The van der Waals surface area contributed by atoms with Gasteiger partial charge in [-0.1, -0.05) is 11.6 Å². The zero-order valence-corrected chi connectivity index (χ0v) is 18.7. The fraction of sp³-hybridized carbons (Fsp3) is 0.136. The van der Waals surface area contributed by atoms with Crippen molar-refractivity contribution in [2.24, 2.45) is 0 Å². The van der Waals surface area contributed by atoms with Gasteiger partial charge in [-0.05, 0) is 35.7 Å². The number of ether oxygens (including phenoxy) is 2. The first-order chi connectivity index (χ1) is 15.4. The molecule has 0 atom stereocenters. The molecule has 32 heavy (non-hydrogen) atoms. The molecule has 2 aromatic carbocycles. The SMILES string of the molecule is COc1cc(NC(=O)Cn2c(=O)n(-c3ccc(Cl)cc3)c(=O)c3sccc32)cc(OC)c1. The second-order valence-electron chi connectivity index (χ2n) is 6.77. The lowest BCUT2D eigenvalue weighted by Crippen LogP contribution is -2.40. The molecule has 8 nitrogen and oxygen atoms in total. The molecule has 164 valence electrons. The lowest BCUT2D eigenvalue weighted by Gasteiger charge is -2.13. The number of hydrogen-bond acceptors (Lipinski definition) is 6. The Morgan fingerprint density at radius 1 is 1.03 bits per heavy atom. The maximum absolute atomic E-state index is 13.3. The van der Waals surface area contributed by atoms with Crippen molar-refractivity contribution >= 4 is 44.7 Å². The third-order valence-electron chi connectivity index (χ3n) is 4.78. The first-order valence-electron chi connectivity index (χ1n) is 9.43. The average Bonchev–Trinajstić information content (AvgIpc) is 3.28. The summed E-state index contributed by atoms with van der Waals surface area (Å²) in [5, 5.41) is 4.93. The number of nitrogens with zero attached hydrogens (tertiary/aromatic N) is 2. The van der Waals surface area contributed by atoms with Crippen molar-refractivity contribution in [2.45, 2.75) is 6.54 Å². The molecule has 4 rings (SSSR count). The van der Waals surface area contributed by atoms with Gasteiger partial charge in [-0.25, -0.2) is 9.36 Å². The molecule has 1 amide bonds.